The lowest BCUT2D eigenvalue weighted by Crippen LogP contribution is -2.51. The number of aromatic nitrogens is 3. The van der Waals surface area contributed by atoms with Crippen LogP contribution >= 0.6 is 0 Å². The van der Waals surface area contributed by atoms with Gasteiger partial charge in [0, 0.05) is 39.3 Å². The first-order chi connectivity index (χ1) is 20.7. The van der Waals surface area contributed by atoms with Crippen LogP contribution in [0.4, 0.5) is 22.0 Å². The molecule has 4 aromatic rings. The number of amides is 1. The van der Waals surface area contributed by atoms with Crippen molar-refractivity contribution in [1.29, 1.82) is 0 Å². The summed E-state index contributed by atoms with van der Waals surface area (Å²) >= 11 is 0. The summed E-state index contributed by atoms with van der Waals surface area (Å²) in [5.41, 5.74) is -4.33. The van der Waals surface area contributed by atoms with E-state index in [2.05, 4.69) is 15.4 Å². The number of carbonyl (C=O) groups is 1. The van der Waals surface area contributed by atoms with Gasteiger partial charge in [-0.25, -0.2) is 13.8 Å². The molecule has 13 heteroatoms. The molecule has 3 heterocycles. The first-order valence-corrected chi connectivity index (χ1v) is 13.9. The van der Waals surface area contributed by atoms with E-state index in [1.54, 1.807) is 24.7 Å². The number of rotatable bonds is 8. The third kappa shape index (κ3) is 5.12. The largest absolute Gasteiger partial charge is 0.494 e. The fourth-order valence-electron chi connectivity index (χ4n) is 5.29. The molecule has 1 atom stereocenters. The van der Waals surface area contributed by atoms with Crippen LogP contribution in [-0.2, 0) is 11.0 Å². The van der Waals surface area contributed by atoms with Gasteiger partial charge in [-0.15, -0.1) is 0 Å². The molecular formula is C31H29F5N4O4. The van der Waals surface area contributed by atoms with Crippen LogP contribution in [0.2, 0.25) is 0 Å². The smallest absolute Gasteiger partial charge is 0.424 e. The fourth-order valence-corrected chi connectivity index (χ4v) is 5.29. The maximum absolute atomic E-state index is 14.7. The Bertz CT molecular complexity index is 1750. The Labute approximate surface area is 248 Å². The molecule has 0 spiro atoms. The third-order valence-electron chi connectivity index (χ3n) is 8.11. The highest BCUT2D eigenvalue weighted by molar-refractivity contribution is 6.00. The zero-order valence-corrected chi connectivity index (χ0v) is 24.0. The van der Waals surface area contributed by atoms with Gasteiger partial charge in [0.1, 0.15) is 22.7 Å². The van der Waals surface area contributed by atoms with Crippen molar-refractivity contribution < 1.29 is 41.3 Å². The van der Waals surface area contributed by atoms with Crippen molar-refractivity contribution in [2.75, 3.05) is 20.3 Å². The molecule has 0 bridgehead atoms. The monoisotopic (exact) mass is 616 g/mol. The predicted octanol–water partition coefficient (Wildman–Crippen LogP) is 6.23. The number of benzene rings is 2. The highest BCUT2D eigenvalue weighted by Gasteiger charge is 2.57. The molecule has 2 N–H and O–H groups in total. The zero-order chi connectivity index (χ0) is 31.6. The lowest BCUT2D eigenvalue weighted by Gasteiger charge is -2.31. The van der Waals surface area contributed by atoms with Gasteiger partial charge >= 0.3 is 6.18 Å². The predicted molar refractivity (Wildman–Crippen MR) is 150 cm³/mol. The molecule has 1 saturated carbocycles. The second kappa shape index (κ2) is 10.4. The van der Waals surface area contributed by atoms with E-state index in [0.717, 1.165) is 31.0 Å². The summed E-state index contributed by atoms with van der Waals surface area (Å²) in [6.45, 7) is 2.39. The van der Waals surface area contributed by atoms with Gasteiger partial charge in [-0.05, 0) is 31.0 Å². The Morgan fingerprint density at radius 2 is 1.89 bits per heavy atom. The number of carbonyl (C=O) groups excluding carboxylic acids is 1. The van der Waals surface area contributed by atoms with Gasteiger partial charge in [0.15, 0.2) is 0 Å². The maximum atomic E-state index is 14.7. The number of aliphatic hydroxyl groups is 1. The zero-order valence-electron chi connectivity index (χ0n) is 24.0. The Morgan fingerprint density at radius 1 is 1.18 bits per heavy atom. The summed E-state index contributed by atoms with van der Waals surface area (Å²) < 4.78 is 83.3. The SMILES string of the molecule is COc1cc(C(=O)NC[C@](O)(c2cc3c(c(-c4ccc(C(F)F)cc4)n2)OCC3(C)C)C(F)(F)F)cc2cn(C3CC3)nc12. The second-order valence-corrected chi connectivity index (χ2v) is 11.8. The Balaban J connectivity index is 1.37. The summed E-state index contributed by atoms with van der Waals surface area (Å²) in [6, 6.07) is 9.18. The van der Waals surface area contributed by atoms with Crippen molar-refractivity contribution in [3.05, 3.63) is 71.0 Å². The minimum atomic E-state index is -5.27. The molecule has 1 aliphatic heterocycles. The Kier molecular flexibility index (Phi) is 7.06. The van der Waals surface area contributed by atoms with Crippen molar-refractivity contribution >= 4 is 16.8 Å². The van der Waals surface area contributed by atoms with Gasteiger partial charge < -0.3 is 19.9 Å². The first-order valence-electron chi connectivity index (χ1n) is 13.9. The Hall–Kier alpha value is -4.26. The van der Waals surface area contributed by atoms with Crippen LogP contribution in [0.1, 0.15) is 66.3 Å². The lowest BCUT2D eigenvalue weighted by molar-refractivity contribution is -0.265. The summed E-state index contributed by atoms with van der Waals surface area (Å²) in [5.74, 6) is -0.396. The molecule has 6 rings (SSSR count). The molecule has 1 amide bonds. The van der Waals surface area contributed by atoms with E-state index >= 15 is 0 Å². The lowest BCUT2D eigenvalue weighted by atomic mass is 9.84. The molecule has 1 aliphatic carbocycles. The van der Waals surface area contributed by atoms with E-state index in [1.165, 1.54) is 31.4 Å². The molecule has 0 saturated heterocycles. The molecule has 232 valence electrons. The minimum Gasteiger partial charge on any atom is -0.494 e. The molecule has 0 unspecified atom stereocenters. The van der Waals surface area contributed by atoms with Crippen LogP contribution in [0, 0.1) is 0 Å². The summed E-state index contributed by atoms with van der Waals surface area (Å²) in [6.07, 6.45) is -4.30. The van der Waals surface area contributed by atoms with E-state index in [0.29, 0.717) is 16.5 Å². The summed E-state index contributed by atoms with van der Waals surface area (Å²) in [7, 11) is 1.40. The average molecular weight is 617 g/mol. The van der Waals surface area contributed by atoms with Crippen molar-refractivity contribution in [2.24, 2.45) is 0 Å². The average Bonchev–Trinajstić information content (AvgIpc) is 3.67. The van der Waals surface area contributed by atoms with Gasteiger partial charge in [0.25, 0.3) is 12.3 Å². The van der Waals surface area contributed by atoms with Gasteiger partial charge in [-0.3, -0.25) is 9.48 Å². The Morgan fingerprint density at radius 3 is 2.50 bits per heavy atom. The van der Waals surface area contributed by atoms with Gasteiger partial charge in [-0.1, -0.05) is 38.1 Å². The number of halogens is 5. The quantitative estimate of drug-likeness (QED) is 0.228. The van der Waals surface area contributed by atoms with E-state index in [9.17, 15) is 31.9 Å². The number of pyridine rings is 1. The highest BCUT2D eigenvalue weighted by atomic mass is 19.4. The number of hydrogen-bond acceptors (Lipinski definition) is 6. The summed E-state index contributed by atoms with van der Waals surface area (Å²) in [4.78, 5) is 17.4. The third-order valence-corrected chi connectivity index (χ3v) is 8.11. The van der Waals surface area contributed by atoms with E-state index in [1.807, 2.05) is 0 Å². The van der Waals surface area contributed by atoms with Crippen LogP contribution < -0.4 is 14.8 Å². The number of hydrogen-bond donors (Lipinski definition) is 2. The van der Waals surface area contributed by atoms with E-state index in [-0.39, 0.29) is 46.5 Å². The molecule has 2 aliphatic rings. The molecule has 44 heavy (non-hydrogen) atoms. The van der Waals surface area contributed by atoms with Crippen LogP contribution in [0.3, 0.4) is 0 Å². The molecule has 0 radical (unpaired) electrons. The second-order valence-electron chi connectivity index (χ2n) is 11.8. The molecule has 2 aromatic carbocycles. The maximum Gasteiger partial charge on any atom is 0.424 e. The normalized spacial score (nSPS) is 17.3. The number of ether oxygens (including phenoxy) is 2. The molecule has 2 aromatic heterocycles. The van der Waals surface area contributed by atoms with Gasteiger partial charge in [-0.2, -0.15) is 18.3 Å². The number of fused-ring (bicyclic) bond motifs is 2. The number of nitrogens with one attached hydrogen (secondary N) is 1. The number of alkyl halides is 5. The van der Waals surface area contributed by atoms with Crippen LogP contribution in [0.25, 0.3) is 22.2 Å². The van der Waals surface area contributed by atoms with E-state index in [4.69, 9.17) is 9.47 Å². The standard InChI is InChI=1S/C31H29F5N4O4/c1-29(2)15-44-26-21(29)12-23(38-25(26)16-4-6-17(7-5-16)27(32)33)30(42,31(34,35)36)14-37-28(41)18-10-19-13-40(20-8-9-20)39-24(19)22(11-18)43-3/h4-7,10-13,20,27,42H,8-9,14-15H2,1-3H3,(H,37,41)/t30-/m0/s1. The van der Waals surface area contributed by atoms with Crippen LogP contribution in [-0.4, -0.2) is 52.2 Å². The fraction of sp³-hybridized carbons (Fsp3) is 0.387. The van der Waals surface area contributed by atoms with Crippen LogP contribution in [0.5, 0.6) is 11.5 Å². The number of methoxy groups -OCH3 is 1. The first kappa shape index (κ1) is 29.8. The van der Waals surface area contributed by atoms with E-state index < -0.39 is 41.8 Å². The number of nitrogens with zero attached hydrogens (tertiary/aromatic N) is 3. The molecule has 8 nitrogen and oxygen atoms in total. The van der Waals surface area contributed by atoms with Crippen molar-refractivity contribution in [3.63, 3.8) is 0 Å². The molecular weight excluding hydrogens is 587 g/mol. The minimum absolute atomic E-state index is 0.0190. The van der Waals surface area contributed by atoms with Crippen molar-refractivity contribution in [1.82, 2.24) is 20.1 Å². The highest BCUT2D eigenvalue weighted by Crippen LogP contribution is 2.47. The van der Waals surface area contributed by atoms with Gasteiger partial charge in [0.05, 0.1) is 32.0 Å². The molecule has 1 fully saturated rings. The van der Waals surface area contributed by atoms with Crippen molar-refractivity contribution in [3.8, 4) is 22.8 Å². The van der Waals surface area contributed by atoms with Crippen molar-refractivity contribution in [2.45, 2.75) is 56.3 Å². The van der Waals surface area contributed by atoms with Crippen LogP contribution in [0.15, 0.2) is 48.7 Å². The van der Waals surface area contributed by atoms with Gasteiger partial charge in [0.2, 0.25) is 5.60 Å². The summed E-state index contributed by atoms with van der Waals surface area (Å²) in [5, 5.41) is 18.6. The topological polar surface area (TPSA) is 98.5 Å².